The Labute approximate surface area is 239 Å². The number of hydrogen-bond acceptors (Lipinski definition) is 4. The fraction of sp³-hybridized carbons (Fsp3) is 0.500. The van der Waals surface area contributed by atoms with Crippen molar-refractivity contribution >= 4 is 26.4 Å². The van der Waals surface area contributed by atoms with Crippen LogP contribution < -0.4 is 79.5 Å². The van der Waals surface area contributed by atoms with Crippen molar-refractivity contribution in [3.63, 3.8) is 0 Å². The van der Waals surface area contributed by atoms with E-state index in [2.05, 4.69) is 65.2 Å². The Morgan fingerprint density at radius 2 is 1.00 bits per heavy atom. The molecule has 32 heavy (non-hydrogen) atoms. The smallest absolute Gasteiger partial charge is 0.790 e. The van der Waals surface area contributed by atoms with Crippen molar-refractivity contribution in [2.24, 2.45) is 0 Å². The summed E-state index contributed by atoms with van der Waals surface area (Å²) in [4.78, 5) is 20.7. The van der Waals surface area contributed by atoms with Crippen LogP contribution >= 0.6 is 15.7 Å². The molecule has 0 fully saturated rings. The third kappa shape index (κ3) is 15.8. The van der Waals surface area contributed by atoms with E-state index in [-0.39, 0.29) is 73.6 Å². The van der Waals surface area contributed by atoms with Crippen LogP contribution in [0.1, 0.15) is 64.2 Å². The minimum Gasteiger partial charge on any atom is -0.790 e. The van der Waals surface area contributed by atoms with Crippen LogP contribution in [0.5, 0.6) is 0 Å². The molecule has 0 aliphatic rings. The molecule has 4 nitrogen and oxygen atoms in total. The topological polar surface area (TPSA) is 72.4 Å². The molecular formula is C24H34Na2O4P2. The summed E-state index contributed by atoms with van der Waals surface area (Å²) >= 11 is 0. The Bertz CT molecular complexity index is 690. The van der Waals surface area contributed by atoms with Crippen LogP contribution in [0.2, 0.25) is 0 Å². The monoisotopic (exact) mass is 494 g/mol. The number of benzene rings is 2. The van der Waals surface area contributed by atoms with Gasteiger partial charge in [-0.15, -0.1) is 0 Å². The summed E-state index contributed by atoms with van der Waals surface area (Å²) in [5.74, 6) is 0. The maximum absolute atomic E-state index is 10.3. The van der Waals surface area contributed by atoms with Crippen molar-refractivity contribution in [1.82, 2.24) is 0 Å². The molecule has 0 N–H and O–H groups in total. The Kier molecular flexibility index (Phi) is 20.8. The van der Waals surface area contributed by atoms with Gasteiger partial charge in [0.05, 0.1) is 14.4 Å². The fourth-order valence-corrected chi connectivity index (χ4v) is 6.36. The van der Waals surface area contributed by atoms with Gasteiger partial charge in [-0.1, -0.05) is 112 Å². The van der Waals surface area contributed by atoms with Crippen LogP contribution in [0.3, 0.4) is 0 Å². The molecule has 166 valence electrons. The second-order valence-corrected chi connectivity index (χ2v) is 11.1. The molecule has 0 heterocycles. The SMILES string of the molecule is O=P([O-])([O-])OCCCCCCCCCCCCP(c1ccccc1)c1ccccc1.[Na+].[Na+]. The standard InChI is InChI=1S/C24H36O4P2.2Na/c25-30(26,27)28-21-15-7-5-3-1-2-4-6-8-16-22-29(23-17-11-9-12-18-23)24-19-13-10-14-20-24;;/h9-14,17-20H,1-8,15-16,21-22H2,(H2,25,26,27);;/q;2*+1/p-2. The van der Waals surface area contributed by atoms with Gasteiger partial charge in [-0.2, -0.15) is 0 Å². The first-order chi connectivity index (χ1) is 14.6. The van der Waals surface area contributed by atoms with Crippen molar-refractivity contribution in [3.8, 4) is 0 Å². The second-order valence-electron chi connectivity index (χ2n) is 7.64. The molecule has 0 bridgehead atoms. The Morgan fingerprint density at radius 3 is 1.41 bits per heavy atom. The van der Waals surface area contributed by atoms with Gasteiger partial charge in [-0.05, 0) is 37.5 Å². The number of unbranched alkanes of at least 4 members (excludes halogenated alkanes) is 9. The third-order valence-electron chi connectivity index (χ3n) is 5.16. The van der Waals surface area contributed by atoms with Crippen LogP contribution in [0.15, 0.2) is 60.7 Å². The molecular weight excluding hydrogens is 460 g/mol. The van der Waals surface area contributed by atoms with Gasteiger partial charge in [-0.25, -0.2) is 0 Å². The van der Waals surface area contributed by atoms with Gasteiger partial charge in [-0.3, -0.25) is 0 Å². The molecule has 0 aliphatic carbocycles. The van der Waals surface area contributed by atoms with Crippen molar-refractivity contribution in [2.75, 3.05) is 12.8 Å². The van der Waals surface area contributed by atoms with Gasteiger partial charge in [0.2, 0.25) is 0 Å². The average Bonchev–Trinajstić information content (AvgIpc) is 2.74. The van der Waals surface area contributed by atoms with E-state index >= 15 is 0 Å². The zero-order chi connectivity index (χ0) is 21.5. The quantitative estimate of drug-likeness (QED) is 0.168. The molecule has 2 aromatic rings. The molecule has 0 aromatic heterocycles. The van der Waals surface area contributed by atoms with Crippen molar-refractivity contribution in [3.05, 3.63) is 60.7 Å². The summed E-state index contributed by atoms with van der Waals surface area (Å²) in [5.41, 5.74) is 0. The van der Waals surface area contributed by atoms with E-state index in [1.165, 1.54) is 61.7 Å². The minimum absolute atomic E-state index is 0. The number of phosphoric acid groups is 1. The minimum atomic E-state index is -4.79. The van der Waals surface area contributed by atoms with Crippen LogP contribution in [0.4, 0.5) is 0 Å². The predicted molar refractivity (Wildman–Crippen MR) is 124 cm³/mol. The molecule has 0 saturated heterocycles. The molecule has 0 amide bonds. The Balaban J connectivity index is 0.00000480. The number of hydrogen-bond donors (Lipinski definition) is 0. The van der Waals surface area contributed by atoms with Gasteiger partial charge in [0.15, 0.2) is 0 Å². The predicted octanol–water partition coefficient (Wildman–Crippen LogP) is -1.13. The molecule has 2 rings (SSSR count). The van der Waals surface area contributed by atoms with Gasteiger partial charge in [0.1, 0.15) is 0 Å². The first-order valence-corrected chi connectivity index (χ1v) is 14.1. The molecule has 2 aromatic carbocycles. The van der Waals surface area contributed by atoms with Crippen LogP contribution in [-0.2, 0) is 9.09 Å². The fourth-order valence-electron chi connectivity index (χ4n) is 3.59. The molecule has 8 heteroatoms. The van der Waals surface area contributed by atoms with E-state index in [0.717, 1.165) is 12.8 Å². The molecule has 0 atom stereocenters. The summed E-state index contributed by atoms with van der Waals surface area (Å²) in [6.45, 7) is 0.0266. The van der Waals surface area contributed by atoms with Gasteiger partial charge >= 0.3 is 59.1 Å². The molecule has 0 radical (unpaired) electrons. The normalized spacial score (nSPS) is 11.1. The maximum Gasteiger partial charge on any atom is 1.00 e. The molecule has 0 aliphatic heterocycles. The van der Waals surface area contributed by atoms with E-state index in [1.807, 2.05) is 0 Å². The van der Waals surface area contributed by atoms with E-state index in [1.54, 1.807) is 0 Å². The molecule has 0 unspecified atom stereocenters. The third-order valence-corrected chi connectivity index (χ3v) is 8.27. The summed E-state index contributed by atoms with van der Waals surface area (Å²) in [6.07, 6.45) is 12.7. The van der Waals surface area contributed by atoms with Crippen molar-refractivity contribution in [1.29, 1.82) is 0 Å². The van der Waals surface area contributed by atoms with E-state index in [9.17, 15) is 14.4 Å². The van der Waals surface area contributed by atoms with Crippen LogP contribution in [0.25, 0.3) is 0 Å². The van der Waals surface area contributed by atoms with E-state index < -0.39 is 7.82 Å². The Morgan fingerprint density at radius 1 is 0.625 bits per heavy atom. The largest absolute Gasteiger partial charge is 1.00 e. The van der Waals surface area contributed by atoms with Gasteiger partial charge < -0.3 is 18.9 Å². The first-order valence-electron chi connectivity index (χ1n) is 11.1. The average molecular weight is 494 g/mol. The Hall–Kier alpha value is 0.980. The number of phosphoric ester groups is 1. The number of rotatable bonds is 16. The maximum atomic E-state index is 10.3. The van der Waals surface area contributed by atoms with E-state index in [4.69, 9.17) is 0 Å². The van der Waals surface area contributed by atoms with Gasteiger partial charge in [0, 0.05) is 0 Å². The zero-order valence-corrected chi connectivity index (χ0v) is 25.6. The molecule has 0 saturated carbocycles. The first kappa shape index (κ1) is 33.0. The summed E-state index contributed by atoms with van der Waals surface area (Å²) in [7, 11) is -5.05. The second kappa shape index (κ2) is 20.2. The zero-order valence-electron chi connectivity index (χ0n) is 19.8. The van der Waals surface area contributed by atoms with Crippen molar-refractivity contribution in [2.45, 2.75) is 64.2 Å². The summed E-state index contributed by atoms with van der Waals surface area (Å²) < 4.78 is 14.6. The van der Waals surface area contributed by atoms with E-state index in [0.29, 0.717) is 6.42 Å². The van der Waals surface area contributed by atoms with Crippen molar-refractivity contribution < 1.29 is 78.0 Å². The van der Waals surface area contributed by atoms with Crippen LogP contribution in [0, 0.1) is 0 Å². The summed E-state index contributed by atoms with van der Waals surface area (Å²) in [5, 5.41) is 2.94. The summed E-state index contributed by atoms with van der Waals surface area (Å²) in [6, 6.07) is 21.8. The van der Waals surface area contributed by atoms with Crippen LogP contribution in [-0.4, -0.2) is 12.8 Å². The van der Waals surface area contributed by atoms with Gasteiger partial charge in [0.25, 0.3) is 0 Å². The molecule has 0 spiro atoms.